The van der Waals surface area contributed by atoms with Gasteiger partial charge in [-0.15, -0.1) is 10.2 Å². The average molecular weight is 534 g/mol. The topological polar surface area (TPSA) is 69.0 Å². The Morgan fingerprint density at radius 1 is 1.03 bits per heavy atom. The molecule has 34 heavy (non-hydrogen) atoms. The SMILES string of the molecule is COc1cc(Cl)c(C)cc1NC(=O)CSc1nnc(-c2ccccc2Cl)n1-c1ccc(Cl)cc1. The maximum Gasteiger partial charge on any atom is 0.234 e. The number of benzene rings is 3. The smallest absolute Gasteiger partial charge is 0.234 e. The number of thioether (sulfide) groups is 1. The number of hydrogen-bond donors (Lipinski definition) is 1. The van der Waals surface area contributed by atoms with Crippen LogP contribution in [0.2, 0.25) is 15.1 Å². The summed E-state index contributed by atoms with van der Waals surface area (Å²) in [6.45, 7) is 1.86. The first-order chi connectivity index (χ1) is 16.4. The summed E-state index contributed by atoms with van der Waals surface area (Å²) in [6.07, 6.45) is 0. The normalized spacial score (nSPS) is 10.9. The van der Waals surface area contributed by atoms with E-state index < -0.39 is 0 Å². The third-order valence-corrected chi connectivity index (χ3v) is 6.84. The fourth-order valence-electron chi connectivity index (χ4n) is 3.25. The summed E-state index contributed by atoms with van der Waals surface area (Å²) in [7, 11) is 1.52. The van der Waals surface area contributed by atoms with Crippen LogP contribution < -0.4 is 10.1 Å². The molecule has 174 valence electrons. The van der Waals surface area contributed by atoms with Gasteiger partial charge >= 0.3 is 0 Å². The van der Waals surface area contributed by atoms with Crippen molar-refractivity contribution < 1.29 is 9.53 Å². The number of nitrogens with zero attached hydrogens (tertiary/aromatic N) is 3. The molecule has 0 spiro atoms. The molecule has 6 nitrogen and oxygen atoms in total. The van der Waals surface area contributed by atoms with Crippen LogP contribution in [0.1, 0.15) is 5.56 Å². The molecule has 10 heteroatoms. The van der Waals surface area contributed by atoms with Crippen LogP contribution in [0.5, 0.6) is 5.75 Å². The van der Waals surface area contributed by atoms with Gasteiger partial charge in [0.25, 0.3) is 0 Å². The van der Waals surface area contributed by atoms with Crippen LogP contribution in [0.3, 0.4) is 0 Å². The summed E-state index contributed by atoms with van der Waals surface area (Å²) in [5.74, 6) is 0.916. The Bertz CT molecular complexity index is 1340. The fourth-order valence-corrected chi connectivity index (χ4v) is 4.50. The quantitative estimate of drug-likeness (QED) is 0.261. The zero-order valence-corrected chi connectivity index (χ0v) is 21.3. The van der Waals surface area contributed by atoms with E-state index in [0.29, 0.717) is 37.5 Å². The Hall–Kier alpha value is -2.71. The zero-order chi connectivity index (χ0) is 24.2. The molecule has 3 aromatic carbocycles. The van der Waals surface area contributed by atoms with Gasteiger partial charge in [0, 0.05) is 27.4 Å². The molecule has 0 aliphatic rings. The second-order valence-electron chi connectivity index (χ2n) is 7.24. The minimum Gasteiger partial charge on any atom is -0.495 e. The van der Waals surface area contributed by atoms with E-state index in [0.717, 1.165) is 16.8 Å². The molecule has 1 amide bonds. The van der Waals surface area contributed by atoms with Gasteiger partial charge in [-0.05, 0) is 55.0 Å². The number of aryl methyl sites for hydroxylation is 1. The Labute approximate surface area is 216 Å². The highest BCUT2D eigenvalue weighted by molar-refractivity contribution is 7.99. The summed E-state index contributed by atoms with van der Waals surface area (Å²) in [4.78, 5) is 12.8. The predicted molar refractivity (Wildman–Crippen MR) is 139 cm³/mol. The van der Waals surface area contributed by atoms with E-state index in [1.54, 1.807) is 30.3 Å². The van der Waals surface area contributed by atoms with Crippen molar-refractivity contribution in [2.24, 2.45) is 0 Å². The molecule has 0 radical (unpaired) electrons. The lowest BCUT2D eigenvalue weighted by atomic mass is 10.2. The van der Waals surface area contributed by atoms with Gasteiger partial charge in [-0.1, -0.05) is 58.7 Å². The third kappa shape index (κ3) is 5.33. The fraction of sp³-hybridized carbons (Fsp3) is 0.125. The highest BCUT2D eigenvalue weighted by atomic mass is 35.5. The maximum atomic E-state index is 12.8. The molecule has 4 rings (SSSR count). The van der Waals surface area contributed by atoms with Crippen LogP contribution in [0, 0.1) is 6.92 Å². The number of hydrogen-bond acceptors (Lipinski definition) is 5. The van der Waals surface area contributed by atoms with Gasteiger partial charge in [0.1, 0.15) is 5.75 Å². The lowest BCUT2D eigenvalue weighted by Crippen LogP contribution is -2.15. The van der Waals surface area contributed by atoms with Crippen molar-refractivity contribution in [1.29, 1.82) is 0 Å². The Morgan fingerprint density at radius 3 is 2.47 bits per heavy atom. The molecular weight excluding hydrogens is 515 g/mol. The Kier molecular flexibility index (Phi) is 7.68. The van der Waals surface area contributed by atoms with E-state index in [4.69, 9.17) is 39.5 Å². The molecule has 0 aliphatic carbocycles. The van der Waals surface area contributed by atoms with E-state index in [1.807, 2.05) is 41.8 Å². The van der Waals surface area contributed by atoms with Crippen molar-refractivity contribution >= 4 is 58.2 Å². The number of halogens is 3. The third-order valence-electron chi connectivity index (χ3n) is 4.92. The summed E-state index contributed by atoms with van der Waals surface area (Å²) in [5, 5.41) is 13.8. The lowest BCUT2D eigenvalue weighted by Gasteiger charge is -2.13. The summed E-state index contributed by atoms with van der Waals surface area (Å²) >= 11 is 19.9. The Morgan fingerprint density at radius 2 is 1.76 bits per heavy atom. The van der Waals surface area contributed by atoms with Gasteiger partial charge in [0.15, 0.2) is 11.0 Å². The number of methoxy groups -OCH3 is 1. The molecule has 4 aromatic rings. The van der Waals surface area contributed by atoms with Crippen molar-refractivity contribution in [1.82, 2.24) is 14.8 Å². The van der Waals surface area contributed by atoms with E-state index in [9.17, 15) is 4.79 Å². The van der Waals surface area contributed by atoms with Crippen LogP contribution in [0.15, 0.2) is 65.8 Å². The molecule has 0 bridgehead atoms. The first-order valence-corrected chi connectivity index (χ1v) is 12.2. The number of aromatic nitrogens is 3. The van der Waals surface area contributed by atoms with Crippen LogP contribution in [-0.4, -0.2) is 33.5 Å². The van der Waals surface area contributed by atoms with Crippen molar-refractivity contribution in [3.63, 3.8) is 0 Å². The number of nitrogens with one attached hydrogen (secondary N) is 1. The number of carbonyl (C=O) groups excluding carboxylic acids is 1. The van der Waals surface area contributed by atoms with Crippen molar-refractivity contribution in [2.75, 3.05) is 18.2 Å². The number of carbonyl (C=O) groups is 1. The highest BCUT2D eigenvalue weighted by Gasteiger charge is 2.19. The summed E-state index contributed by atoms with van der Waals surface area (Å²) in [6, 6.07) is 18.1. The number of amides is 1. The molecule has 1 aromatic heterocycles. The molecule has 0 saturated heterocycles. The van der Waals surface area contributed by atoms with E-state index >= 15 is 0 Å². The van der Waals surface area contributed by atoms with Gasteiger partial charge in [-0.2, -0.15) is 0 Å². The minimum absolute atomic E-state index is 0.0963. The van der Waals surface area contributed by atoms with Gasteiger partial charge in [0.05, 0.1) is 23.6 Å². The Balaban J connectivity index is 1.61. The summed E-state index contributed by atoms with van der Waals surface area (Å²) in [5.41, 5.74) is 2.90. The molecule has 0 unspecified atom stereocenters. The molecule has 0 atom stereocenters. The monoisotopic (exact) mass is 532 g/mol. The standard InChI is InChI=1S/C24H19Cl3N4O2S/c1-14-11-20(21(33-2)12-19(14)27)28-22(32)13-34-24-30-29-23(17-5-3-4-6-18(17)26)31(24)16-9-7-15(25)8-10-16/h3-12H,13H2,1-2H3,(H,28,32). The minimum atomic E-state index is -0.227. The van der Waals surface area contributed by atoms with Gasteiger partial charge < -0.3 is 10.1 Å². The average Bonchev–Trinajstić information content (AvgIpc) is 3.24. The van der Waals surface area contributed by atoms with Crippen LogP contribution in [0.4, 0.5) is 5.69 Å². The van der Waals surface area contributed by atoms with Crippen LogP contribution >= 0.6 is 46.6 Å². The first-order valence-electron chi connectivity index (χ1n) is 10.1. The predicted octanol–water partition coefficient (Wildman–Crippen LogP) is 6.94. The molecular formula is C24H19Cl3N4O2S. The van der Waals surface area contributed by atoms with Crippen LogP contribution in [0.25, 0.3) is 17.1 Å². The molecule has 0 fully saturated rings. The lowest BCUT2D eigenvalue weighted by molar-refractivity contribution is -0.113. The molecule has 0 aliphatic heterocycles. The maximum absolute atomic E-state index is 12.8. The zero-order valence-electron chi connectivity index (χ0n) is 18.2. The van der Waals surface area contributed by atoms with Crippen molar-refractivity contribution in [3.8, 4) is 22.8 Å². The number of ether oxygens (including phenoxy) is 1. The largest absolute Gasteiger partial charge is 0.495 e. The van der Waals surface area contributed by atoms with Crippen LogP contribution in [-0.2, 0) is 4.79 Å². The van der Waals surface area contributed by atoms with Crippen molar-refractivity contribution in [3.05, 3.63) is 81.3 Å². The number of anilines is 1. The first kappa shape index (κ1) is 24.4. The van der Waals surface area contributed by atoms with E-state index in [1.165, 1.54) is 18.9 Å². The molecule has 1 N–H and O–H groups in total. The van der Waals surface area contributed by atoms with E-state index in [2.05, 4.69) is 15.5 Å². The summed E-state index contributed by atoms with van der Waals surface area (Å²) < 4.78 is 7.19. The van der Waals surface area contributed by atoms with Crippen molar-refractivity contribution in [2.45, 2.75) is 12.1 Å². The second-order valence-corrected chi connectivity index (χ2v) is 9.43. The van der Waals surface area contributed by atoms with Gasteiger partial charge in [0.2, 0.25) is 5.91 Å². The molecule has 1 heterocycles. The second kappa shape index (κ2) is 10.7. The number of rotatable bonds is 7. The highest BCUT2D eigenvalue weighted by Crippen LogP contribution is 2.33. The van der Waals surface area contributed by atoms with E-state index in [-0.39, 0.29) is 11.7 Å². The van der Waals surface area contributed by atoms with Gasteiger partial charge in [-0.25, -0.2) is 0 Å². The van der Waals surface area contributed by atoms with Gasteiger partial charge in [-0.3, -0.25) is 9.36 Å². The molecule has 0 saturated carbocycles.